The Morgan fingerprint density at radius 2 is 1.95 bits per heavy atom. The fourth-order valence-corrected chi connectivity index (χ4v) is 4.21. The summed E-state index contributed by atoms with van der Waals surface area (Å²) in [5.41, 5.74) is 1.87. The van der Waals surface area contributed by atoms with Crippen molar-refractivity contribution in [2.45, 2.75) is 58.9 Å². The van der Waals surface area contributed by atoms with Gasteiger partial charge in [-0.2, -0.15) is 0 Å². The molecule has 0 saturated heterocycles. The molecule has 0 spiro atoms. The van der Waals surface area contributed by atoms with Crippen molar-refractivity contribution in [1.82, 2.24) is 0 Å². The normalized spacial score (nSPS) is 20.3. The summed E-state index contributed by atoms with van der Waals surface area (Å²) in [5, 5.41) is 11.4. The molecule has 0 saturated carbocycles. The number of ether oxygens (including phenoxy) is 1. The molecule has 1 aliphatic rings. The number of benzene rings is 1. The molecule has 120 valence electrons. The number of phenols is 1. The first-order chi connectivity index (χ1) is 10.1. The highest BCUT2D eigenvalue weighted by Gasteiger charge is 2.32. The molecule has 1 N–H and O–H groups in total. The summed E-state index contributed by atoms with van der Waals surface area (Å²) in [6.45, 7) is 13.3. The Kier molecular flexibility index (Phi) is 4.57. The zero-order chi connectivity index (χ0) is 16.5. The van der Waals surface area contributed by atoms with Crippen LogP contribution in [0.1, 0.15) is 39.2 Å². The van der Waals surface area contributed by atoms with E-state index in [-0.39, 0.29) is 5.60 Å². The summed E-state index contributed by atoms with van der Waals surface area (Å²) in [6, 6.07) is 3.84. The van der Waals surface area contributed by atoms with E-state index in [2.05, 4.69) is 52.6 Å². The number of hydrogen-bond donors (Lipinski definition) is 1. The molecule has 1 aromatic rings. The second kappa shape index (κ2) is 5.96. The summed E-state index contributed by atoms with van der Waals surface area (Å²) in [4.78, 5) is 0. The molecular weight excluding hydrogens is 288 g/mol. The van der Waals surface area contributed by atoms with Crippen molar-refractivity contribution in [3.63, 3.8) is 0 Å². The fraction of sp³-hybridized carbons (Fsp3) is 0.474. The number of aromatic hydroxyl groups is 1. The Bertz CT molecular complexity index is 619. The molecular formula is C19H28O2Si. The third-order valence-electron chi connectivity index (χ3n) is 4.11. The maximum absolute atomic E-state index is 10.1. The van der Waals surface area contributed by atoms with Crippen LogP contribution in [-0.2, 0) is 0 Å². The first-order valence-corrected chi connectivity index (χ1v) is 11.5. The number of hydrogen-bond acceptors (Lipinski definition) is 2. The molecule has 0 fully saturated rings. The monoisotopic (exact) mass is 316 g/mol. The SMILES string of the molecule is CC(C)=CCCC1(C)C=Cc2c(O)ccc([Si](C)(C)C)c2O1. The Labute approximate surface area is 135 Å². The van der Waals surface area contributed by atoms with Gasteiger partial charge >= 0.3 is 0 Å². The Morgan fingerprint density at radius 3 is 2.55 bits per heavy atom. The maximum atomic E-state index is 10.1. The van der Waals surface area contributed by atoms with E-state index < -0.39 is 8.07 Å². The van der Waals surface area contributed by atoms with E-state index in [1.54, 1.807) is 6.07 Å². The zero-order valence-corrected chi connectivity index (χ0v) is 15.7. The fourth-order valence-electron chi connectivity index (χ4n) is 2.76. The summed E-state index contributed by atoms with van der Waals surface area (Å²) in [5.74, 6) is 1.20. The molecule has 1 heterocycles. The number of fused-ring (bicyclic) bond motifs is 1. The van der Waals surface area contributed by atoms with Crippen LogP contribution in [0.15, 0.2) is 29.9 Å². The third kappa shape index (κ3) is 3.64. The lowest BCUT2D eigenvalue weighted by molar-refractivity contribution is 0.129. The van der Waals surface area contributed by atoms with Gasteiger partial charge < -0.3 is 9.84 Å². The van der Waals surface area contributed by atoms with E-state index in [1.165, 1.54) is 10.8 Å². The van der Waals surface area contributed by atoms with Crippen molar-refractivity contribution >= 4 is 19.3 Å². The topological polar surface area (TPSA) is 29.5 Å². The molecule has 1 unspecified atom stereocenters. The molecule has 0 aromatic heterocycles. The quantitative estimate of drug-likeness (QED) is 0.635. The van der Waals surface area contributed by atoms with E-state index in [1.807, 2.05) is 12.1 Å². The second-order valence-corrected chi connectivity index (χ2v) is 12.7. The Balaban J connectivity index is 2.36. The molecule has 2 rings (SSSR count). The van der Waals surface area contributed by atoms with Crippen LogP contribution in [0.4, 0.5) is 0 Å². The maximum Gasteiger partial charge on any atom is 0.130 e. The molecule has 0 amide bonds. The van der Waals surface area contributed by atoms with Gasteiger partial charge in [-0.1, -0.05) is 37.4 Å². The smallest absolute Gasteiger partial charge is 0.130 e. The highest BCUT2D eigenvalue weighted by molar-refractivity contribution is 6.89. The minimum atomic E-state index is -1.53. The summed E-state index contributed by atoms with van der Waals surface area (Å²) in [6.07, 6.45) is 8.30. The third-order valence-corrected chi connectivity index (χ3v) is 6.12. The molecule has 1 aromatic carbocycles. The lowest BCUT2D eigenvalue weighted by Crippen LogP contribution is -2.42. The second-order valence-electron chi connectivity index (χ2n) is 7.69. The highest BCUT2D eigenvalue weighted by atomic mass is 28.3. The van der Waals surface area contributed by atoms with Crippen LogP contribution in [0.2, 0.25) is 19.6 Å². The van der Waals surface area contributed by atoms with Gasteiger partial charge in [0.1, 0.15) is 17.1 Å². The van der Waals surface area contributed by atoms with E-state index in [0.717, 1.165) is 24.2 Å². The summed E-state index contributed by atoms with van der Waals surface area (Å²) < 4.78 is 6.40. The Morgan fingerprint density at radius 1 is 1.27 bits per heavy atom. The van der Waals surface area contributed by atoms with Gasteiger partial charge in [-0.15, -0.1) is 0 Å². The van der Waals surface area contributed by atoms with E-state index in [0.29, 0.717) is 5.75 Å². The number of rotatable bonds is 4. The van der Waals surface area contributed by atoms with Crippen LogP contribution in [0.3, 0.4) is 0 Å². The zero-order valence-electron chi connectivity index (χ0n) is 14.7. The van der Waals surface area contributed by atoms with Gasteiger partial charge in [-0.05, 0) is 57.0 Å². The summed E-state index contributed by atoms with van der Waals surface area (Å²) in [7, 11) is -1.53. The predicted molar refractivity (Wildman–Crippen MR) is 97.8 cm³/mol. The van der Waals surface area contributed by atoms with E-state index in [4.69, 9.17) is 4.74 Å². The van der Waals surface area contributed by atoms with Crippen molar-refractivity contribution in [3.05, 3.63) is 35.4 Å². The lowest BCUT2D eigenvalue weighted by atomic mass is 9.94. The van der Waals surface area contributed by atoms with Crippen LogP contribution >= 0.6 is 0 Å². The van der Waals surface area contributed by atoms with Crippen molar-refractivity contribution in [2.24, 2.45) is 0 Å². The van der Waals surface area contributed by atoms with E-state index in [9.17, 15) is 5.11 Å². The molecule has 0 bridgehead atoms. The molecule has 3 heteroatoms. The number of allylic oxidation sites excluding steroid dienone is 2. The van der Waals surface area contributed by atoms with Gasteiger partial charge in [-0.3, -0.25) is 0 Å². The predicted octanol–water partition coefficient (Wildman–Crippen LogP) is 4.85. The largest absolute Gasteiger partial charge is 0.507 e. The molecule has 2 nitrogen and oxygen atoms in total. The van der Waals surface area contributed by atoms with Gasteiger partial charge in [0.05, 0.1) is 13.6 Å². The van der Waals surface area contributed by atoms with Crippen LogP contribution in [0.25, 0.3) is 6.08 Å². The van der Waals surface area contributed by atoms with Crippen molar-refractivity contribution in [2.75, 3.05) is 0 Å². The highest BCUT2D eigenvalue weighted by Crippen LogP contribution is 2.38. The van der Waals surface area contributed by atoms with E-state index >= 15 is 0 Å². The van der Waals surface area contributed by atoms with Crippen molar-refractivity contribution in [1.29, 1.82) is 0 Å². The van der Waals surface area contributed by atoms with Crippen LogP contribution < -0.4 is 9.92 Å². The molecule has 0 radical (unpaired) electrons. The van der Waals surface area contributed by atoms with Crippen LogP contribution in [0.5, 0.6) is 11.5 Å². The van der Waals surface area contributed by atoms with Gasteiger partial charge in [0, 0.05) is 0 Å². The molecule has 1 aliphatic heterocycles. The summed E-state index contributed by atoms with van der Waals surface area (Å²) >= 11 is 0. The molecule has 22 heavy (non-hydrogen) atoms. The lowest BCUT2D eigenvalue weighted by Gasteiger charge is -2.35. The number of phenolic OH excluding ortho intramolecular Hbond substituents is 1. The van der Waals surface area contributed by atoms with Crippen molar-refractivity contribution in [3.8, 4) is 11.5 Å². The van der Waals surface area contributed by atoms with Crippen molar-refractivity contribution < 1.29 is 9.84 Å². The first-order valence-electron chi connectivity index (χ1n) is 8.00. The van der Waals surface area contributed by atoms with Crippen LogP contribution in [0, 0.1) is 0 Å². The standard InChI is InChI=1S/C19H28O2Si/c1-14(2)8-7-12-19(3)13-11-15-16(20)9-10-17(18(15)21-19)22(4,5)6/h8-11,13,20H,7,12H2,1-6H3. The van der Waals surface area contributed by atoms with Crippen LogP contribution in [-0.4, -0.2) is 18.8 Å². The van der Waals surface area contributed by atoms with Gasteiger partial charge in [-0.25, -0.2) is 0 Å². The molecule has 0 aliphatic carbocycles. The average molecular weight is 317 g/mol. The van der Waals surface area contributed by atoms with Gasteiger partial charge in [0.15, 0.2) is 0 Å². The average Bonchev–Trinajstić information content (AvgIpc) is 2.36. The minimum absolute atomic E-state index is 0.304. The van der Waals surface area contributed by atoms with Gasteiger partial charge in [0.2, 0.25) is 0 Å². The Hall–Kier alpha value is -1.48. The first kappa shape index (κ1) is 16.9. The minimum Gasteiger partial charge on any atom is -0.507 e. The van der Waals surface area contributed by atoms with Gasteiger partial charge in [0.25, 0.3) is 0 Å². The molecule has 1 atom stereocenters.